The average Bonchev–Trinajstić information content (AvgIpc) is 2.55. The fraction of sp³-hybridized carbons (Fsp3) is 0.333. The summed E-state index contributed by atoms with van der Waals surface area (Å²) in [5, 5.41) is 13.5. The molecule has 0 aromatic heterocycles. The molecule has 1 heterocycles. The number of benzene rings is 2. The van der Waals surface area contributed by atoms with Crippen molar-refractivity contribution < 1.29 is 14.2 Å². The van der Waals surface area contributed by atoms with Crippen molar-refractivity contribution in [3.05, 3.63) is 65.5 Å². The van der Waals surface area contributed by atoms with Gasteiger partial charge in [-0.3, -0.25) is 0 Å². The minimum Gasteiger partial charge on any atom is -0.487 e. The SMILES string of the molecule is O[C@H](CNCc1ccccc1)[C@@H]1CCc2cc(F)ccc2O1. The predicted octanol–water partition coefficient (Wildman–Crippen LogP) is 2.67. The molecule has 1 aliphatic heterocycles. The molecule has 0 unspecified atom stereocenters. The Kier molecular flexibility index (Phi) is 4.71. The maximum atomic E-state index is 13.2. The Morgan fingerprint density at radius 1 is 1.23 bits per heavy atom. The van der Waals surface area contributed by atoms with Gasteiger partial charge in [0.05, 0.1) is 0 Å². The van der Waals surface area contributed by atoms with Crippen LogP contribution in [0.1, 0.15) is 17.5 Å². The van der Waals surface area contributed by atoms with Crippen LogP contribution in [-0.4, -0.2) is 23.9 Å². The van der Waals surface area contributed by atoms with Gasteiger partial charge in [-0.15, -0.1) is 0 Å². The molecule has 0 fully saturated rings. The van der Waals surface area contributed by atoms with Gasteiger partial charge >= 0.3 is 0 Å². The molecule has 2 N–H and O–H groups in total. The molecule has 0 saturated heterocycles. The monoisotopic (exact) mass is 301 g/mol. The minimum atomic E-state index is -0.582. The normalized spacial score (nSPS) is 18.4. The van der Waals surface area contributed by atoms with Crippen LogP contribution in [0.4, 0.5) is 4.39 Å². The van der Waals surface area contributed by atoms with E-state index in [0.29, 0.717) is 25.3 Å². The highest BCUT2D eigenvalue weighted by molar-refractivity contribution is 5.36. The van der Waals surface area contributed by atoms with Crippen molar-refractivity contribution in [2.45, 2.75) is 31.6 Å². The van der Waals surface area contributed by atoms with Crippen LogP contribution in [0.25, 0.3) is 0 Å². The number of aryl methyl sites for hydroxylation is 1. The van der Waals surface area contributed by atoms with E-state index in [0.717, 1.165) is 12.0 Å². The van der Waals surface area contributed by atoms with Crippen LogP contribution >= 0.6 is 0 Å². The van der Waals surface area contributed by atoms with E-state index in [1.165, 1.54) is 17.7 Å². The lowest BCUT2D eigenvalue weighted by molar-refractivity contribution is 0.0243. The lowest BCUT2D eigenvalue weighted by Crippen LogP contribution is -2.41. The highest BCUT2D eigenvalue weighted by Gasteiger charge is 2.26. The zero-order chi connectivity index (χ0) is 15.4. The van der Waals surface area contributed by atoms with Crippen molar-refractivity contribution in [2.75, 3.05) is 6.54 Å². The van der Waals surface area contributed by atoms with E-state index in [1.807, 2.05) is 30.3 Å². The quantitative estimate of drug-likeness (QED) is 0.892. The lowest BCUT2D eigenvalue weighted by atomic mass is 9.99. The third-order valence-corrected chi connectivity index (χ3v) is 3.95. The highest BCUT2D eigenvalue weighted by atomic mass is 19.1. The van der Waals surface area contributed by atoms with Gasteiger partial charge in [0.15, 0.2) is 0 Å². The fourth-order valence-corrected chi connectivity index (χ4v) is 2.74. The molecular weight excluding hydrogens is 281 g/mol. The zero-order valence-corrected chi connectivity index (χ0v) is 12.3. The topological polar surface area (TPSA) is 41.5 Å². The summed E-state index contributed by atoms with van der Waals surface area (Å²) >= 11 is 0. The first-order chi connectivity index (χ1) is 10.7. The number of aliphatic hydroxyl groups excluding tert-OH is 1. The van der Waals surface area contributed by atoms with Gasteiger partial charge in [-0.25, -0.2) is 4.39 Å². The molecule has 4 heteroatoms. The molecule has 2 atom stereocenters. The molecule has 0 bridgehead atoms. The summed E-state index contributed by atoms with van der Waals surface area (Å²) in [6.45, 7) is 1.18. The van der Waals surface area contributed by atoms with Gasteiger partial charge in [0.2, 0.25) is 0 Å². The molecule has 2 aromatic rings. The van der Waals surface area contributed by atoms with Gasteiger partial charge in [0, 0.05) is 13.1 Å². The predicted molar refractivity (Wildman–Crippen MR) is 83.3 cm³/mol. The second-order valence-corrected chi connectivity index (χ2v) is 5.63. The van der Waals surface area contributed by atoms with Crippen molar-refractivity contribution in [2.24, 2.45) is 0 Å². The Labute approximate surface area is 129 Å². The molecule has 0 saturated carbocycles. The Bertz CT molecular complexity index is 618. The Morgan fingerprint density at radius 2 is 2.05 bits per heavy atom. The number of hydrogen-bond donors (Lipinski definition) is 2. The summed E-state index contributed by atoms with van der Waals surface area (Å²) in [5.74, 6) is 0.436. The maximum Gasteiger partial charge on any atom is 0.126 e. The number of fused-ring (bicyclic) bond motifs is 1. The van der Waals surface area contributed by atoms with E-state index >= 15 is 0 Å². The summed E-state index contributed by atoms with van der Waals surface area (Å²) in [7, 11) is 0. The van der Waals surface area contributed by atoms with Crippen LogP contribution in [0.5, 0.6) is 5.75 Å². The van der Waals surface area contributed by atoms with Gasteiger partial charge < -0.3 is 15.2 Å². The van der Waals surface area contributed by atoms with Gasteiger partial charge in [0.1, 0.15) is 23.8 Å². The first-order valence-electron chi connectivity index (χ1n) is 7.60. The molecule has 0 amide bonds. The molecule has 3 rings (SSSR count). The second kappa shape index (κ2) is 6.90. The van der Waals surface area contributed by atoms with Gasteiger partial charge in [0.25, 0.3) is 0 Å². The van der Waals surface area contributed by atoms with Crippen LogP contribution in [0.2, 0.25) is 0 Å². The van der Waals surface area contributed by atoms with Crippen LogP contribution in [0.15, 0.2) is 48.5 Å². The summed E-state index contributed by atoms with van der Waals surface area (Å²) in [6, 6.07) is 14.6. The first kappa shape index (κ1) is 15.0. The van der Waals surface area contributed by atoms with E-state index < -0.39 is 6.10 Å². The molecule has 0 spiro atoms. The van der Waals surface area contributed by atoms with E-state index in [2.05, 4.69) is 5.32 Å². The zero-order valence-electron chi connectivity index (χ0n) is 12.3. The largest absolute Gasteiger partial charge is 0.487 e. The molecule has 22 heavy (non-hydrogen) atoms. The third kappa shape index (κ3) is 3.64. The molecule has 0 aliphatic carbocycles. The van der Waals surface area contributed by atoms with Gasteiger partial charge in [-0.05, 0) is 42.2 Å². The number of rotatable bonds is 5. The van der Waals surface area contributed by atoms with Gasteiger partial charge in [-0.2, -0.15) is 0 Å². The number of nitrogens with one attached hydrogen (secondary N) is 1. The van der Waals surface area contributed by atoms with Crippen molar-refractivity contribution in [3.8, 4) is 5.75 Å². The van der Waals surface area contributed by atoms with Gasteiger partial charge in [-0.1, -0.05) is 30.3 Å². The number of aliphatic hydroxyl groups is 1. The van der Waals surface area contributed by atoms with Crippen LogP contribution in [0.3, 0.4) is 0 Å². The molecule has 2 aromatic carbocycles. The standard InChI is InChI=1S/C18H20FNO2/c19-15-7-9-17-14(10-15)6-8-18(22-17)16(21)12-20-11-13-4-2-1-3-5-13/h1-5,7,9-10,16,18,20-21H,6,8,11-12H2/t16-,18+/m1/s1. The Hall–Kier alpha value is -1.91. The molecule has 116 valence electrons. The van der Waals surface area contributed by atoms with E-state index in [1.54, 1.807) is 6.07 Å². The second-order valence-electron chi connectivity index (χ2n) is 5.63. The van der Waals surface area contributed by atoms with Crippen LogP contribution in [0, 0.1) is 5.82 Å². The number of halogens is 1. The van der Waals surface area contributed by atoms with Crippen molar-refractivity contribution >= 4 is 0 Å². The van der Waals surface area contributed by atoms with E-state index in [-0.39, 0.29) is 11.9 Å². The average molecular weight is 301 g/mol. The molecule has 0 radical (unpaired) electrons. The van der Waals surface area contributed by atoms with Crippen LogP contribution < -0.4 is 10.1 Å². The van der Waals surface area contributed by atoms with Crippen molar-refractivity contribution in [1.29, 1.82) is 0 Å². The van der Waals surface area contributed by atoms with E-state index in [4.69, 9.17) is 4.74 Å². The summed E-state index contributed by atoms with van der Waals surface area (Å²) in [6.07, 6.45) is 0.598. The van der Waals surface area contributed by atoms with Crippen LogP contribution in [-0.2, 0) is 13.0 Å². The number of ether oxygens (including phenoxy) is 1. The van der Waals surface area contributed by atoms with Crippen molar-refractivity contribution in [3.63, 3.8) is 0 Å². The number of hydrogen-bond acceptors (Lipinski definition) is 3. The maximum absolute atomic E-state index is 13.2. The molecule has 1 aliphatic rings. The van der Waals surface area contributed by atoms with Crippen molar-refractivity contribution in [1.82, 2.24) is 5.32 Å². The highest BCUT2D eigenvalue weighted by Crippen LogP contribution is 2.29. The fourth-order valence-electron chi connectivity index (χ4n) is 2.74. The summed E-state index contributed by atoms with van der Waals surface area (Å²) in [4.78, 5) is 0. The smallest absolute Gasteiger partial charge is 0.126 e. The lowest BCUT2D eigenvalue weighted by Gasteiger charge is -2.29. The minimum absolute atomic E-state index is 0.245. The van der Waals surface area contributed by atoms with E-state index in [9.17, 15) is 9.50 Å². The molecular formula is C18H20FNO2. The summed E-state index contributed by atoms with van der Waals surface area (Å²) < 4.78 is 19.0. The Morgan fingerprint density at radius 3 is 2.86 bits per heavy atom. The molecule has 3 nitrogen and oxygen atoms in total. The Balaban J connectivity index is 1.51. The summed E-state index contributed by atoms with van der Waals surface area (Å²) in [5.41, 5.74) is 2.06. The first-order valence-corrected chi connectivity index (χ1v) is 7.60. The third-order valence-electron chi connectivity index (χ3n) is 3.95.